The molecule has 0 unspecified atom stereocenters. The maximum atomic E-state index is 12.5. The van der Waals surface area contributed by atoms with Crippen LogP contribution >= 0.6 is 0 Å². The van der Waals surface area contributed by atoms with E-state index in [1.165, 1.54) is 24.7 Å². The van der Waals surface area contributed by atoms with Gasteiger partial charge in [0.2, 0.25) is 5.91 Å². The highest BCUT2D eigenvalue weighted by molar-refractivity contribution is 5.76. The zero-order chi connectivity index (χ0) is 16.5. The topological polar surface area (TPSA) is 80.0 Å². The fourth-order valence-corrected chi connectivity index (χ4v) is 3.49. The molecule has 126 valence electrons. The van der Waals surface area contributed by atoms with E-state index in [2.05, 4.69) is 25.0 Å². The molecule has 1 amide bonds. The summed E-state index contributed by atoms with van der Waals surface area (Å²) in [4.78, 5) is 29.9. The van der Waals surface area contributed by atoms with E-state index >= 15 is 0 Å². The fraction of sp³-hybridized carbons (Fsp3) is 0.562. The van der Waals surface area contributed by atoms with Crippen molar-refractivity contribution in [3.05, 3.63) is 29.7 Å². The normalized spacial score (nSPS) is 17.2. The molecule has 2 aromatic rings. The molecule has 8 heteroatoms. The van der Waals surface area contributed by atoms with Gasteiger partial charge in [-0.05, 0) is 26.2 Å². The van der Waals surface area contributed by atoms with Gasteiger partial charge in [-0.15, -0.1) is 0 Å². The van der Waals surface area contributed by atoms with Gasteiger partial charge in [-0.25, -0.2) is 19.6 Å². The van der Waals surface area contributed by atoms with E-state index in [4.69, 9.17) is 0 Å². The molecule has 0 aliphatic carbocycles. The van der Waals surface area contributed by atoms with E-state index < -0.39 is 0 Å². The van der Waals surface area contributed by atoms with Crippen LogP contribution in [0.5, 0.6) is 0 Å². The van der Waals surface area contributed by atoms with Crippen LogP contribution in [0.1, 0.15) is 29.9 Å². The van der Waals surface area contributed by atoms with Crippen molar-refractivity contribution >= 4 is 11.7 Å². The van der Waals surface area contributed by atoms with Crippen LogP contribution in [0.4, 0.5) is 5.82 Å². The molecule has 1 fully saturated rings. The van der Waals surface area contributed by atoms with Gasteiger partial charge in [0.25, 0.3) is 0 Å². The first kappa shape index (κ1) is 15.0. The van der Waals surface area contributed by atoms with Crippen molar-refractivity contribution in [2.75, 3.05) is 24.5 Å². The van der Waals surface area contributed by atoms with E-state index in [0.29, 0.717) is 13.1 Å². The average Bonchev–Trinajstić information content (AvgIpc) is 3.27. The molecule has 1 saturated heterocycles. The molecule has 0 spiro atoms. The predicted octanol–water partition coefficient (Wildman–Crippen LogP) is 0.562. The van der Waals surface area contributed by atoms with Gasteiger partial charge in [0, 0.05) is 25.2 Å². The third kappa shape index (κ3) is 2.83. The second-order valence-corrected chi connectivity index (χ2v) is 6.37. The number of aromatic nitrogens is 5. The Labute approximate surface area is 140 Å². The van der Waals surface area contributed by atoms with Crippen molar-refractivity contribution in [2.24, 2.45) is 0 Å². The minimum atomic E-state index is 0.0464. The Balaban J connectivity index is 1.55. The summed E-state index contributed by atoms with van der Waals surface area (Å²) in [7, 11) is 0. The minimum Gasteiger partial charge on any atom is -0.356 e. The Morgan fingerprint density at radius 1 is 1.21 bits per heavy atom. The first-order valence-corrected chi connectivity index (χ1v) is 8.42. The minimum absolute atomic E-state index is 0.0464. The van der Waals surface area contributed by atoms with E-state index in [9.17, 15) is 4.79 Å². The van der Waals surface area contributed by atoms with Gasteiger partial charge in [-0.3, -0.25) is 4.79 Å². The molecule has 4 heterocycles. The number of aryl methyl sites for hydroxylation is 1. The zero-order valence-corrected chi connectivity index (χ0v) is 13.9. The van der Waals surface area contributed by atoms with E-state index in [-0.39, 0.29) is 12.5 Å². The summed E-state index contributed by atoms with van der Waals surface area (Å²) in [5.41, 5.74) is 2.20. The van der Waals surface area contributed by atoms with Crippen molar-refractivity contribution < 1.29 is 4.79 Å². The summed E-state index contributed by atoms with van der Waals surface area (Å²) in [6.45, 7) is 5.53. The molecule has 0 saturated carbocycles. The molecule has 0 N–H and O–H groups in total. The summed E-state index contributed by atoms with van der Waals surface area (Å²) in [6, 6.07) is 0. The van der Waals surface area contributed by atoms with E-state index in [0.717, 1.165) is 36.8 Å². The van der Waals surface area contributed by atoms with E-state index in [1.807, 2.05) is 11.8 Å². The van der Waals surface area contributed by atoms with Crippen molar-refractivity contribution in [3.8, 4) is 0 Å². The molecule has 0 bridgehead atoms. The summed E-state index contributed by atoms with van der Waals surface area (Å²) in [5.74, 6) is 1.91. The van der Waals surface area contributed by atoms with Gasteiger partial charge in [0.1, 0.15) is 30.8 Å². The highest BCUT2D eigenvalue weighted by Crippen LogP contribution is 2.28. The highest BCUT2D eigenvalue weighted by atomic mass is 16.2. The Morgan fingerprint density at radius 2 is 2.04 bits per heavy atom. The summed E-state index contributed by atoms with van der Waals surface area (Å²) in [5, 5.41) is 4.00. The number of hydrogen-bond acceptors (Lipinski definition) is 6. The monoisotopic (exact) mass is 327 g/mol. The number of rotatable bonds is 3. The zero-order valence-electron chi connectivity index (χ0n) is 13.9. The second-order valence-electron chi connectivity index (χ2n) is 6.37. The summed E-state index contributed by atoms with van der Waals surface area (Å²) >= 11 is 0. The van der Waals surface area contributed by atoms with Gasteiger partial charge in [-0.1, -0.05) is 0 Å². The predicted molar refractivity (Wildman–Crippen MR) is 87.4 cm³/mol. The third-order valence-corrected chi connectivity index (χ3v) is 4.68. The number of nitrogens with zero attached hydrogens (tertiary/aromatic N) is 7. The van der Waals surface area contributed by atoms with Gasteiger partial charge >= 0.3 is 0 Å². The summed E-state index contributed by atoms with van der Waals surface area (Å²) < 4.78 is 1.55. The standard InChI is InChI=1S/C16H21N7O/c1-12-19-14-8-22(15(24)9-23-11-17-10-18-23)7-4-13(14)16(20-12)21-5-2-3-6-21/h10-11H,2-9H2,1H3. The molecule has 0 aromatic carbocycles. The third-order valence-electron chi connectivity index (χ3n) is 4.68. The fourth-order valence-electron chi connectivity index (χ4n) is 3.49. The molecule has 0 atom stereocenters. The van der Waals surface area contributed by atoms with Crippen LogP contribution in [0.2, 0.25) is 0 Å². The molecule has 4 rings (SSSR count). The lowest BCUT2D eigenvalue weighted by molar-refractivity contribution is -0.133. The number of fused-ring (bicyclic) bond motifs is 1. The van der Waals surface area contributed by atoms with Gasteiger partial charge in [0.05, 0.1) is 12.2 Å². The highest BCUT2D eigenvalue weighted by Gasteiger charge is 2.27. The largest absolute Gasteiger partial charge is 0.356 e. The van der Waals surface area contributed by atoms with Crippen LogP contribution in [-0.4, -0.2) is 55.2 Å². The molecular weight excluding hydrogens is 306 g/mol. The Morgan fingerprint density at radius 3 is 2.79 bits per heavy atom. The quantitative estimate of drug-likeness (QED) is 0.819. The van der Waals surface area contributed by atoms with Crippen molar-refractivity contribution in [2.45, 2.75) is 39.3 Å². The smallest absolute Gasteiger partial charge is 0.244 e. The van der Waals surface area contributed by atoms with Crippen LogP contribution in [0.3, 0.4) is 0 Å². The number of anilines is 1. The number of hydrogen-bond donors (Lipinski definition) is 0. The second kappa shape index (κ2) is 6.18. The van der Waals surface area contributed by atoms with Gasteiger partial charge < -0.3 is 9.80 Å². The Bertz CT molecular complexity index is 737. The lowest BCUT2D eigenvalue weighted by Gasteiger charge is -2.31. The van der Waals surface area contributed by atoms with E-state index in [1.54, 1.807) is 11.0 Å². The molecule has 2 aliphatic heterocycles. The van der Waals surface area contributed by atoms with Crippen LogP contribution in [0.15, 0.2) is 12.7 Å². The molecule has 2 aromatic heterocycles. The Hall–Kier alpha value is -2.51. The van der Waals surface area contributed by atoms with Crippen molar-refractivity contribution in [1.82, 2.24) is 29.6 Å². The van der Waals surface area contributed by atoms with Crippen LogP contribution in [0, 0.1) is 6.92 Å². The lowest BCUT2D eigenvalue weighted by Crippen LogP contribution is -2.39. The first-order chi connectivity index (χ1) is 11.7. The lowest BCUT2D eigenvalue weighted by atomic mass is 10.0. The van der Waals surface area contributed by atoms with Crippen molar-refractivity contribution in [3.63, 3.8) is 0 Å². The molecule has 2 aliphatic rings. The average molecular weight is 327 g/mol. The molecule has 8 nitrogen and oxygen atoms in total. The Kier molecular flexibility index (Phi) is 3.87. The maximum absolute atomic E-state index is 12.5. The number of carbonyl (C=O) groups excluding carboxylic acids is 1. The first-order valence-electron chi connectivity index (χ1n) is 8.42. The number of amides is 1. The molecule has 0 radical (unpaired) electrons. The number of carbonyl (C=O) groups is 1. The van der Waals surface area contributed by atoms with Crippen LogP contribution in [0.25, 0.3) is 0 Å². The summed E-state index contributed by atoms with van der Waals surface area (Å²) in [6.07, 6.45) is 6.26. The van der Waals surface area contributed by atoms with Crippen molar-refractivity contribution in [1.29, 1.82) is 0 Å². The van der Waals surface area contributed by atoms with Crippen LogP contribution < -0.4 is 4.90 Å². The maximum Gasteiger partial charge on any atom is 0.244 e. The van der Waals surface area contributed by atoms with Gasteiger partial charge in [-0.2, -0.15) is 5.10 Å². The van der Waals surface area contributed by atoms with Gasteiger partial charge in [0.15, 0.2) is 0 Å². The van der Waals surface area contributed by atoms with Crippen LogP contribution in [-0.2, 0) is 24.3 Å². The molecule has 24 heavy (non-hydrogen) atoms. The molecular formula is C16H21N7O. The SMILES string of the molecule is Cc1nc2c(c(N3CCCC3)n1)CCN(C(=O)Cn1cncn1)C2.